The molecule has 1 N–H and O–H groups in total. The van der Waals surface area contributed by atoms with Gasteiger partial charge in [-0.3, -0.25) is 0 Å². The monoisotopic (exact) mass is 248 g/mol. The van der Waals surface area contributed by atoms with Crippen molar-refractivity contribution in [2.45, 2.75) is 20.4 Å². The summed E-state index contributed by atoms with van der Waals surface area (Å²) in [6.07, 6.45) is 0. The van der Waals surface area contributed by atoms with Crippen LogP contribution in [0.25, 0.3) is 11.3 Å². The van der Waals surface area contributed by atoms with E-state index in [4.69, 9.17) is 4.52 Å². The predicted octanol–water partition coefficient (Wildman–Crippen LogP) is 3.23. The summed E-state index contributed by atoms with van der Waals surface area (Å²) in [7, 11) is 0. The summed E-state index contributed by atoms with van der Waals surface area (Å²) in [6, 6.07) is 8.14. The molecule has 0 atom stereocenters. The fourth-order valence-electron chi connectivity index (χ4n) is 1.66. The summed E-state index contributed by atoms with van der Waals surface area (Å²) in [5.41, 5.74) is 1.53. The van der Waals surface area contributed by atoms with Crippen LogP contribution >= 0.6 is 0 Å². The minimum absolute atomic E-state index is 0.275. The molecule has 0 aliphatic heterocycles. The minimum atomic E-state index is -0.275. The second-order valence-corrected chi connectivity index (χ2v) is 4.72. The first kappa shape index (κ1) is 12.8. The maximum Gasteiger partial charge on any atom is 0.167 e. The van der Waals surface area contributed by atoms with E-state index in [1.807, 2.05) is 6.07 Å². The molecular formula is C14H17FN2O. The Labute approximate surface area is 106 Å². The van der Waals surface area contributed by atoms with Crippen LogP contribution in [0.15, 0.2) is 34.9 Å². The molecule has 2 rings (SSSR count). The number of hydrogen-bond donors (Lipinski definition) is 1. The third-order valence-electron chi connectivity index (χ3n) is 2.53. The van der Waals surface area contributed by atoms with Crippen molar-refractivity contribution < 1.29 is 8.91 Å². The van der Waals surface area contributed by atoms with Gasteiger partial charge in [-0.15, -0.1) is 0 Å². The van der Waals surface area contributed by atoms with Crippen LogP contribution in [0.2, 0.25) is 0 Å². The molecule has 0 radical (unpaired) electrons. The molecule has 1 aromatic heterocycles. The van der Waals surface area contributed by atoms with E-state index in [1.165, 1.54) is 12.1 Å². The van der Waals surface area contributed by atoms with Crippen molar-refractivity contribution in [3.05, 3.63) is 41.8 Å². The fourth-order valence-corrected chi connectivity index (χ4v) is 1.66. The Morgan fingerprint density at radius 2 is 2.17 bits per heavy atom. The van der Waals surface area contributed by atoms with Gasteiger partial charge in [0.05, 0.1) is 5.69 Å². The normalized spacial score (nSPS) is 11.1. The first-order valence-corrected chi connectivity index (χ1v) is 6.07. The Kier molecular flexibility index (Phi) is 4.10. The Balaban J connectivity index is 2.02. The summed E-state index contributed by atoms with van der Waals surface area (Å²) < 4.78 is 18.3. The zero-order valence-electron chi connectivity index (χ0n) is 10.6. The van der Waals surface area contributed by atoms with E-state index in [9.17, 15) is 4.39 Å². The first-order valence-electron chi connectivity index (χ1n) is 6.07. The number of nitrogens with one attached hydrogen (secondary N) is 1. The molecule has 18 heavy (non-hydrogen) atoms. The van der Waals surface area contributed by atoms with E-state index in [0.717, 1.165) is 12.2 Å². The van der Waals surface area contributed by atoms with E-state index in [1.54, 1.807) is 12.1 Å². The van der Waals surface area contributed by atoms with Crippen LogP contribution in [0.5, 0.6) is 0 Å². The molecule has 4 heteroatoms. The fraction of sp³-hybridized carbons (Fsp3) is 0.357. The molecule has 0 spiro atoms. The number of halogens is 1. The molecule has 3 nitrogen and oxygen atoms in total. The standard InChI is InChI=1S/C14H17FN2O/c1-10(2)8-16-9-13-7-14(18-17-13)11-4-3-5-12(15)6-11/h3-7,10,16H,8-9H2,1-2H3. The highest BCUT2D eigenvalue weighted by Crippen LogP contribution is 2.20. The lowest BCUT2D eigenvalue weighted by Crippen LogP contribution is -2.18. The number of rotatable bonds is 5. The van der Waals surface area contributed by atoms with Crippen LogP contribution in [0.1, 0.15) is 19.5 Å². The van der Waals surface area contributed by atoms with Gasteiger partial charge in [0, 0.05) is 18.2 Å². The quantitative estimate of drug-likeness (QED) is 0.882. The lowest BCUT2D eigenvalue weighted by atomic mass is 10.1. The molecule has 0 saturated heterocycles. The van der Waals surface area contributed by atoms with Crippen LogP contribution in [0.3, 0.4) is 0 Å². The van der Waals surface area contributed by atoms with Crippen molar-refractivity contribution in [2.75, 3.05) is 6.54 Å². The van der Waals surface area contributed by atoms with Crippen molar-refractivity contribution in [3.63, 3.8) is 0 Å². The van der Waals surface area contributed by atoms with Crippen LogP contribution in [-0.4, -0.2) is 11.7 Å². The Morgan fingerprint density at radius 3 is 2.89 bits per heavy atom. The molecule has 96 valence electrons. The molecule has 0 unspecified atom stereocenters. The average molecular weight is 248 g/mol. The Bertz CT molecular complexity index is 508. The van der Waals surface area contributed by atoms with Crippen molar-refractivity contribution in [1.29, 1.82) is 0 Å². The lowest BCUT2D eigenvalue weighted by molar-refractivity contribution is 0.417. The molecular weight excluding hydrogens is 231 g/mol. The molecule has 2 aromatic rings. The van der Waals surface area contributed by atoms with Gasteiger partial charge in [0.1, 0.15) is 5.82 Å². The lowest BCUT2D eigenvalue weighted by Gasteiger charge is -2.04. The van der Waals surface area contributed by atoms with Crippen LogP contribution < -0.4 is 5.32 Å². The maximum atomic E-state index is 13.1. The number of hydrogen-bond acceptors (Lipinski definition) is 3. The summed E-state index contributed by atoms with van der Waals surface area (Å²) in [4.78, 5) is 0. The molecule has 0 bridgehead atoms. The van der Waals surface area contributed by atoms with Crippen LogP contribution in [-0.2, 0) is 6.54 Å². The van der Waals surface area contributed by atoms with E-state index in [-0.39, 0.29) is 5.82 Å². The highest BCUT2D eigenvalue weighted by molar-refractivity contribution is 5.57. The van der Waals surface area contributed by atoms with Gasteiger partial charge in [-0.05, 0) is 24.6 Å². The van der Waals surface area contributed by atoms with Gasteiger partial charge >= 0.3 is 0 Å². The van der Waals surface area contributed by atoms with Gasteiger partial charge in [0.15, 0.2) is 5.76 Å². The van der Waals surface area contributed by atoms with Crippen molar-refractivity contribution >= 4 is 0 Å². The predicted molar refractivity (Wildman–Crippen MR) is 68.4 cm³/mol. The largest absolute Gasteiger partial charge is 0.356 e. The third-order valence-corrected chi connectivity index (χ3v) is 2.53. The molecule has 0 aliphatic rings. The first-order chi connectivity index (χ1) is 8.65. The van der Waals surface area contributed by atoms with Crippen molar-refractivity contribution in [2.24, 2.45) is 5.92 Å². The summed E-state index contributed by atoms with van der Waals surface area (Å²) in [5, 5.41) is 7.24. The highest BCUT2D eigenvalue weighted by atomic mass is 19.1. The third kappa shape index (κ3) is 3.40. The molecule has 1 aromatic carbocycles. The number of benzene rings is 1. The van der Waals surface area contributed by atoms with Crippen LogP contribution in [0.4, 0.5) is 4.39 Å². The van der Waals surface area contributed by atoms with Gasteiger partial charge in [-0.1, -0.05) is 31.1 Å². The second kappa shape index (κ2) is 5.78. The summed E-state index contributed by atoms with van der Waals surface area (Å²) >= 11 is 0. The zero-order valence-corrected chi connectivity index (χ0v) is 10.6. The SMILES string of the molecule is CC(C)CNCc1cc(-c2cccc(F)c2)on1. The number of nitrogens with zero attached hydrogens (tertiary/aromatic N) is 1. The summed E-state index contributed by atoms with van der Waals surface area (Å²) in [5.74, 6) is 0.916. The highest BCUT2D eigenvalue weighted by Gasteiger charge is 2.07. The van der Waals surface area contributed by atoms with Crippen molar-refractivity contribution in [3.8, 4) is 11.3 Å². The second-order valence-electron chi connectivity index (χ2n) is 4.72. The smallest absolute Gasteiger partial charge is 0.167 e. The molecule has 0 amide bonds. The molecule has 0 saturated carbocycles. The van der Waals surface area contributed by atoms with Gasteiger partial charge < -0.3 is 9.84 Å². The van der Waals surface area contributed by atoms with Crippen molar-refractivity contribution in [1.82, 2.24) is 10.5 Å². The van der Waals surface area contributed by atoms with E-state index in [0.29, 0.717) is 23.8 Å². The Morgan fingerprint density at radius 1 is 1.33 bits per heavy atom. The van der Waals surface area contributed by atoms with E-state index < -0.39 is 0 Å². The summed E-state index contributed by atoms with van der Waals surface area (Å²) in [6.45, 7) is 5.89. The topological polar surface area (TPSA) is 38.1 Å². The van der Waals surface area contributed by atoms with Crippen LogP contribution in [0, 0.1) is 11.7 Å². The molecule has 0 fully saturated rings. The molecule has 0 aliphatic carbocycles. The van der Waals surface area contributed by atoms with E-state index >= 15 is 0 Å². The van der Waals surface area contributed by atoms with Gasteiger partial charge in [-0.2, -0.15) is 0 Å². The van der Waals surface area contributed by atoms with Gasteiger partial charge in [-0.25, -0.2) is 4.39 Å². The van der Waals surface area contributed by atoms with E-state index in [2.05, 4.69) is 24.3 Å². The minimum Gasteiger partial charge on any atom is -0.356 e. The zero-order chi connectivity index (χ0) is 13.0. The van der Waals surface area contributed by atoms with Gasteiger partial charge in [0.25, 0.3) is 0 Å². The molecule has 1 heterocycles. The maximum absolute atomic E-state index is 13.1. The average Bonchev–Trinajstić information content (AvgIpc) is 2.77. The Hall–Kier alpha value is -1.68. The number of aromatic nitrogens is 1. The van der Waals surface area contributed by atoms with Gasteiger partial charge in [0.2, 0.25) is 0 Å².